The van der Waals surface area contributed by atoms with Gasteiger partial charge in [0, 0.05) is 10.6 Å². The third kappa shape index (κ3) is 4.54. The molecule has 3 aromatic heterocycles. The van der Waals surface area contributed by atoms with Gasteiger partial charge in [0.05, 0.1) is 17.9 Å². The first-order chi connectivity index (χ1) is 14.1. The number of hydrogen-bond acceptors (Lipinski definition) is 9. The van der Waals surface area contributed by atoms with Gasteiger partial charge in [-0.3, -0.25) is 10.1 Å². The molecular formula is C19H13N5O2S3. The van der Waals surface area contributed by atoms with E-state index in [-0.39, 0.29) is 5.91 Å². The third-order valence-corrected chi connectivity index (χ3v) is 6.84. The fourth-order valence-corrected chi connectivity index (χ4v) is 4.99. The number of aromatic nitrogens is 3. The van der Waals surface area contributed by atoms with Crippen molar-refractivity contribution in [2.24, 2.45) is 0 Å². The Bertz CT molecular complexity index is 1170. The summed E-state index contributed by atoms with van der Waals surface area (Å²) in [6.07, 6.45) is 1.57. The second-order valence-corrected chi connectivity index (χ2v) is 9.23. The molecule has 0 radical (unpaired) electrons. The molecule has 29 heavy (non-hydrogen) atoms. The molecule has 7 nitrogen and oxygen atoms in total. The van der Waals surface area contributed by atoms with Crippen molar-refractivity contribution in [2.45, 2.75) is 17.0 Å². The number of nitriles is 1. The number of rotatable bonds is 6. The van der Waals surface area contributed by atoms with Gasteiger partial charge in [-0.15, -0.1) is 21.5 Å². The SMILES string of the molecule is Cc1sc(-c2ccco2)nc1C(=O)Nc1nnc(SCc2ccc(C#N)cc2)s1. The average Bonchev–Trinajstić information content (AvgIpc) is 3.47. The van der Waals surface area contributed by atoms with E-state index in [1.54, 1.807) is 24.5 Å². The first-order valence-corrected chi connectivity index (χ1v) is 11.0. The average molecular weight is 440 g/mol. The standard InChI is InChI=1S/C19H13N5O2S3/c1-11-15(21-17(28-11)14-3-2-8-26-14)16(25)22-18-23-24-19(29-18)27-10-13-6-4-12(9-20)5-7-13/h2-8H,10H2,1H3,(H,22,23,25). The molecule has 0 atom stereocenters. The number of thiazole rings is 1. The first-order valence-electron chi connectivity index (χ1n) is 8.40. The van der Waals surface area contributed by atoms with E-state index in [9.17, 15) is 4.79 Å². The van der Waals surface area contributed by atoms with Crippen LogP contribution in [0.3, 0.4) is 0 Å². The van der Waals surface area contributed by atoms with Crippen LogP contribution in [0.15, 0.2) is 51.4 Å². The van der Waals surface area contributed by atoms with Gasteiger partial charge in [0.1, 0.15) is 5.69 Å². The Morgan fingerprint density at radius 3 is 2.79 bits per heavy atom. The maximum atomic E-state index is 12.6. The molecule has 4 aromatic rings. The van der Waals surface area contributed by atoms with Gasteiger partial charge in [-0.25, -0.2) is 4.98 Å². The summed E-state index contributed by atoms with van der Waals surface area (Å²) in [6.45, 7) is 1.85. The van der Waals surface area contributed by atoms with E-state index < -0.39 is 0 Å². The van der Waals surface area contributed by atoms with Crippen LogP contribution in [-0.2, 0) is 5.75 Å². The smallest absolute Gasteiger partial charge is 0.277 e. The van der Waals surface area contributed by atoms with Gasteiger partial charge < -0.3 is 4.42 Å². The summed E-state index contributed by atoms with van der Waals surface area (Å²) in [5, 5.41) is 20.8. The molecule has 10 heteroatoms. The zero-order valence-electron chi connectivity index (χ0n) is 15.1. The summed E-state index contributed by atoms with van der Waals surface area (Å²) in [5.74, 6) is 1.01. The quantitative estimate of drug-likeness (QED) is 0.334. The van der Waals surface area contributed by atoms with E-state index in [2.05, 4.69) is 26.6 Å². The van der Waals surface area contributed by atoms with Crippen LogP contribution in [0, 0.1) is 18.3 Å². The molecular weight excluding hydrogens is 426 g/mol. The molecule has 0 spiro atoms. The second-order valence-electron chi connectivity index (χ2n) is 5.83. The zero-order chi connectivity index (χ0) is 20.2. The van der Waals surface area contributed by atoms with Gasteiger partial charge in [-0.2, -0.15) is 5.26 Å². The van der Waals surface area contributed by atoms with Crippen LogP contribution in [0.25, 0.3) is 10.8 Å². The maximum absolute atomic E-state index is 12.6. The number of aryl methyl sites for hydroxylation is 1. The number of anilines is 1. The molecule has 0 fully saturated rings. The van der Waals surface area contributed by atoms with E-state index in [1.165, 1.54) is 34.4 Å². The van der Waals surface area contributed by atoms with Crippen molar-refractivity contribution in [1.29, 1.82) is 5.26 Å². The Kier molecular flexibility index (Phi) is 5.71. The molecule has 0 aliphatic carbocycles. The van der Waals surface area contributed by atoms with E-state index in [0.717, 1.165) is 14.8 Å². The van der Waals surface area contributed by atoms with Gasteiger partial charge in [-0.05, 0) is 36.8 Å². The molecule has 1 N–H and O–H groups in total. The number of carbonyl (C=O) groups is 1. The number of nitrogens with zero attached hydrogens (tertiary/aromatic N) is 4. The highest BCUT2D eigenvalue weighted by atomic mass is 32.2. The normalized spacial score (nSPS) is 10.6. The number of carbonyl (C=O) groups excluding carboxylic acids is 1. The molecule has 0 unspecified atom stereocenters. The molecule has 3 heterocycles. The summed E-state index contributed by atoms with van der Waals surface area (Å²) < 4.78 is 6.09. The van der Waals surface area contributed by atoms with Crippen LogP contribution in [0.1, 0.15) is 26.5 Å². The van der Waals surface area contributed by atoms with Gasteiger partial charge in [0.2, 0.25) is 5.13 Å². The van der Waals surface area contributed by atoms with Crippen LogP contribution in [0.4, 0.5) is 5.13 Å². The van der Waals surface area contributed by atoms with Crippen LogP contribution in [-0.4, -0.2) is 21.1 Å². The van der Waals surface area contributed by atoms with E-state index in [4.69, 9.17) is 9.68 Å². The summed E-state index contributed by atoms with van der Waals surface area (Å²) in [7, 11) is 0. The molecule has 0 saturated carbocycles. The lowest BCUT2D eigenvalue weighted by Gasteiger charge is -1.99. The molecule has 0 bridgehead atoms. The fourth-order valence-electron chi connectivity index (χ4n) is 2.41. The van der Waals surface area contributed by atoms with Crippen LogP contribution >= 0.6 is 34.4 Å². The Balaban J connectivity index is 1.38. The summed E-state index contributed by atoms with van der Waals surface area (Å²) >= 11 is 4.23. The largest absolute Gasteiger partial charge is 0.462 e. The Labute approximate surface area is 178 Å². The highest BCUT2D eigenvalue weighted by Crippen LogP contribution is 2.30. The highest BCUT2D eigenvalue weighted by molar-refractivity contribution is 8.00. The molecule has 144 valence electrons. The zero-order valence-corrected chi connectivity index (χ0v) is 17.5. The van der Waals surface area contributed by atoms with Crippen LogP contribution < -0.4 is 5.32 Å². The maximum Gasteiger partial charge on any atom is 0.277 e. The minimum Gasteiger partial charge on any atom is -0.462 e. The van der Waals surface area contributed by atoms with Crippen molar-refractivity contribution in [2.75, 3.05) is 5.32 Å². The second kappa shape index (κ2) is 8.57. The number of benzene rings is 1. The monoisotopic (exact) mass is 439 g/mol. The van der Waals surface area contributed by atoms with Gasteiger partial charge >= 0.3 is 0 Å². The van der Waals surface area contributed by atoms with Crippen molar-refractivity contribution in [1.82, 2.24) is 15.2 Å². The summed E-state index contributed by atoms with van der Waals surface area (Å²) in [5.41, 5.74) is 2.06. The number of hydrogen-bond donors (Lipinski definition) is 1. The number of nitrogens with one attached hydrogen (secondary N) is 1. The lowest BCUT2D eigenvalue weighted by atomic mass is 10.2. The van der Waals surface area contributed by atoms with E-state index in [1.807, 2.05) is 25.1 Å². The lowest BCUT2D eigenvalue weighted by Crippen LogP contribution is -2.13. The topological polar surface area (TPSA) is 105 Å². The van der Waals surface area contributed by atoms with Gasteiger partial charge in [0.25, 0.3) is 5.91 Å². The summed E-state index contributed by atoms with van der Waals surface area (Å²) in [4.78, 5) is 17.8. The van der Waals surface area contributed by atoms with Crippen molar-refractivity contribution in [3.05, 3.63) is 64.4 Å². The molecule has 1 aromatic carbocycles. The number of furan rings is 1. The minimum absolute atomic E-state index is 0.323. The molecule has 0 aliphatic heterocycles. The summed E-state index contributed by atoms with van der Waals surface area (Å²) in [6, 6.07) is 13.1. The van der Waals surface area contributed by atoms with Crippen molar-refractivity contribution in [3.63, 3.8) is 0 Å². The van der Waals surface area contributed by atoms with Crippen molar-refractivity contribution < 1.29 is 9.21 Å². The molecule has 0 saturated heterocycles. The predicted octanol–water partition coefficient (Wildman–Crippen LogP) is 4.98. The van der Waals surface area contributed by atoms with Gasteiger partial charge in [0.15, 0.2) is 15.1 Å². The first kappa shape index (κ1) is 19.3. The minimum atomic E-state index is -0.323. The van der Waals surface area contributed by atoms with Crippen LogP contribution in [0.2, 0.25) is 0 Å². The molecule has 4 rings (SSSR count). The van der Waals surface area contributed by atoms with E-state index in [0.29, 0.717) is 32.9 Å². The van der Waals surface area contributed by atoms with E-state index >= 15 is 0 Å². The fraction of sp³-hybridized carbons (Fsp3) is 0.105. The lowest BCUT2D eigenvalue weighted by molar-refractivity contribution is 0.102. The molecule has 1 amide bonds. The number of amides is 1. The van der Waals surface area contributed by atoms with Crippen molar-refractivity contribution >= 4 is 45.5 Å². The number of thioether (sulfide) groups is 1. The predicted molar refractivity (Wildman–Crippen MR) is 113 cm³/mol. The Morgan fingerprint density at radius 1 is 1.24 bits per heavy atom. The van der Waals surface area contributed by atoms with Gasteiger partial charge in [-0.1, -0.05) is 35.2 Å². The molecule has 0 aliphatic rings. The third-order valence-electron chi connectivity index (χ3n) is 3.82. The Hall–Kier alpha value is -3.00. The highest BCUT2D eigenvalue weighted by Gasteiger charge is 2.19. The Morgan fingerprint density at radius 2 is 2.07 bits per heavy atom. The van der Waals surface area contributed by atoms with Crippen LogP contribution in [0.5, 0.6) is 0 Å². The van der Waals surface area contributed by atoms with Crippen molar-refractivity contribution in [3.8, 4) is 16.8 Å².